The average Bonchev–Trinajstić information content (AvgIpc) is 3.13. The highest BCUT2D eigenvalue weighted by atomic mass is 16.5. The molecule has 0 bridgehead atoms. The van der Waals surface area contributed by atoms with Crippen molar-refractivity contribution >= 4 is 0 Å². The number of hydrogen-bond acceptors (Lipinski definition) is 4. The van der Waals surface area contributed by atoms with Gasteiger partial charge >= 0.3 is 0 Å². The van der Waals surface area contributed by atoms with Gasteiger partial charge in [-0.3, -0.25) is 4.90 Å². The molecule has 3 aliphatic heterocycles. The van der Waals surface area contributed by atoms with E-state index in [4.69, 9.17) is 9.47 Å². The van der Waals surface area contributed by atoms with Gasteiger partial charge in [-0.2, -0.15) is 0 Å². The third kappa shape index (κ3) is 2.12. The van der Waals surface area contributed by atoms with Crippen molar-refractivity contribution in [1.29, 1.82) is 0 Å². The largest absolute Gasteiger partial charge is 0.493 e. The Morgan fingerprint density at radius 1 is 1.35 bits per heavy atom. The molecule has 0 amide bonds. The van der Waals surface area contributed by atoms with E-state index in [1.54, 1.807) is 0 Å². The van der Waals surface area contributed by atoms with E-state index in [0.29, 0.717) is 6.04 Å². The smallest absolute Gasteiger partial charge is 0.122 e. The maximum absolute atomic E-state index is 10.6. The highest BCUT2D eigenvalue weighted by Gasteiger charge is 2.35. The molecule has 108 valence electrons. The lowest BCUT2D eigenvalue weighted by Gasteiger charge is -2.37. The second-order valence-corrected chi connectivity index (χ2v) is 6.07. The van der Waals surface area contributed by atoms with Gasteiger partial charge in [-0.25, -0.2) is 0 Å². The van der Waals surface area contributed by atoms with E-state index in [2.05, 4.69) is 11.0 Å². The molecule has 0 aromatic heterocycles. The maximum atomic E-state index is 10.6. The molecule has 3 aliphatic rings. The van der Waals surface area contributed by atoms with Gasteiger partial charge in [-0.15, -0.1) is 0 Å². The van der Waals surface area contributed by atoms with Crippen LogP contribution < -0.4 is 4.74 Å². The molecule has 20 heavy (non-hydrogen) atoms. The molecule has 1 aromatic rings. The van der Waals surface area contributed by atoms with Gasteiger partial charge in [-0.1, -0.05) is 6.07 Å². The Bertz CT molecular complexity index is 504. The van der Waals surface area contributed by atoms with Crippen molar-refractivity contribution < 1.29 is 14.6 Å². The number of rotatable bonds is 2. The topological polar surface area (TPSA) is 41.9 Å². The van der Waals surface area contributed by atoms with Crippen molar-refractivity contribution in [2.24, 2.45) is 0 Å². The quantitative estimate of drug-likeness (QED) is 0.888. The SMILES string of the molecule is OC(c1ccc2c(c1)CCO2)C1CN2CCCC2CO1. The third-order valence-electron chi connectivity index (χ3n) is 4.82. The molecular weight excluding hydrogens is 254 g/mol. The average molecular weight is 275 g/mol. The summed E-state index contributed by atoms with van der Waals surface area (Å²) in [4.78, 5) is 2.47. The summed E-state index contributed by atoms with van der Waals surface area (Å²) in [5, 5.41) is 10.6. The predicted octanol–water partition coefficient (Wildman–Crippen LogP) is 1.52. The minimum atomic E-state index is -0.539. The van der Waals surface area contributed by atoms with Crippen molar-refractivity contribution in [1.82, 2.24) is 4.90 Å². The Morgan fingerprint density at radius 3 is 3.25 bits per heavy atom. The van der Waals surface area contributed by atoms with Crippen LogP contribution in [-0.2, 0) is 11.2 Å². The summed E-state index contributed by atoms with van der Waals surface area (Å²) < 4.78 is 11.4. The number of nitrogens with zero attached hydrogens (tertiary/aromatic N) is 1. The molecule has 0 radical (unpaired) electrons. The van der Waals surface area contributed by atoms with Crippen LogP contribution in [0.25, 0.3) is 0 Å². The van der Waals surface area contributed by atoms with Crippen LogP contribution in [0.15, 0.2) is 18.2 Å². The van der Waals surface area contributed by atoms with Crippen LogP contribution in [0.5, 0.6) is 5.75 Å². The zero-order valence-corrected chi connectivity index (χ0v) is 11.6. The van der Waals surface area contributed by atoms with E-state index >= 15 is 0 Å². The molecule has 4 rings (SSSR count). The number of aliphatic hydroxyl groups excluding tert-OH is 1. The van der Waals surface area contributed by atoms with Crippen LogP contribution in [0.2, 0.25) is 0 Å². The Balaban J connectivity index is 1.50. The maximum Gasteiger partial charge on any atom is 0.122 e. The molecule has 3 atom stereocenters. The zero-order valence-electron chi connectivity index (χ0n) is 11.6. The van der Waals surface area contributed by atoms with Crippen LogP contribution in [0.3, 0.4) is 0 Å². The summed E-state index contributed by atoms with van der Waals surface area (Å²) >= 11 is 0. The van der Waals surface area contributed by atoms with Crippen LogP contribution in [-0.4, -0.2) is 48.5 Å². The molecule has 2 saturated heterocycles. The first-order chi connectivity index (χ1) is 9.81. The Morgan fingerprint density at radius 2 is 2.30 bits per heavy atom. The van der Waals surface area contributed by atoms with E-state index in [-0.39, 0.29) is 6.10 Å². The first kappa shape index (κ1) is 12.6. The molecule has 4 nitrogen and oxygen atoms in total. The Hall–Kier alpha value is -1.10. The van der Waals surface area contributed by atoms with Crippen LogP contribution in [0.1, 0.15) is 30.1 Å². The summed E-state index contributed by atoms with van der Waals surface area (Å²) in [6.07, 6.45) is 2.79. The molecule has 1 aromatic carbocycles. The Kier molecular flexibility index (Phi) is 3.17. The molecule has 3 heterocycles. The molecule has 0 aliphatic carbocycles. The van der Waals surface area contributed by atoms with Crippen molar-refractivity contribution in [2.45, 2.75) is 37.5 Å². The second-order valence-electron chi connectivity index (χ2n) is 6.07. The lowest BCUT2D eigenvalue weighted by molar-refractivity contribution is -0.103. The number of benzene rings is 1. The summed E-state index contributed by atoms with van der Waals surface area (Å²) in [7, 11) is 0. The molecule has 4 heteroatoms. The van der Waals surface area contributed by atoms with E-state index in [1.807, 2.05) is 12.1 Å². The van der Waals surface area contributed by atoms with Gasteiger partial charge in [0.1, 0.15) is 18.0 Å². The lowest BCUT2D eigenvalue weighted by Crippen LogP contribution is -2.48. The summed E-state index contributed by atoms with van der Waals surface area (Å²) in [6.45, 7) is 3.51. The van der Waals surface area contributed by atoms with Crippen molar-refractivity contribution in [3.8, 4) is 5.75 Å². The highest BCUT2D eigenvalue weighted by molar-refractivity contribution is 5.40. The van der Waals surface area contributed by atoms with E-state index < -0.39 is 6.10 Å². The fourth-order valence-corrected chi connectivity index (χ4v) is 3.64. The zero-order chi connectivity index (χ0) is 13.5. The van der Waals surface area contributed by atoms with Gasteiger partial charge in [0.2, 0.25) is 0 Å². The fourth-order valence-electron chi connectivity index (χ4n) is 3.64. The van der Waals surface area contributed by atoms with Gasteiger partial charge in [0.05, 0.1) is 13.2 Å². The van der Waals surface area contributed by atoms with E-state index in [1.165, 1.54) is 18.4 Å². The first-order valence-electron chi connectivity index (χ1n) is 7.60. The first-order valence-corrected chi connectivity index (χ1v) is 7.60. The molecule has 0 spiro atoms. The van der Waals surface area contributed by atoms with Crippen LogP contribution >= 0.6 is 0 Å². The van der Waals surface area contributed by atoms with Gasteiger partial charge in [0.25, 0.3) is 0 Å². The normalized spacial score (nSPS) is 30.6. The second kappa shape index (κ2) is 5.02. The number of aliphatic hydroxyl groups is 1. The van der Waals surface area contributed by atoms with Gasteiger partial charge in [0.15, 0.2) is 0 Å². The molecule has 2 fully saturated rings. The molecule has 1 N–H and O–H groups in total. The van der Waals surface area contributed by atoms with Crippen molar-refractivity contribution in [3.63, 3.8) is 0 Å². The van der Waals surface area contributed by atoms with Gasteiger partial charge in [-0.05, 0) is 42.6 Å². The van der Waals surface area contributed by atoms with Gasteiger partial charge in [0, 0.05) is 19.0 Å². The monoisotopic (exact) mass is 275 g/mol. The van der Waals surface area contributed by atoms with E-state index in [0.717, 1.165) is 44.0 Å². The van der Waals surface area contributed by atoms with Crippen molar-refractivity contribution in [3.05, 3.63) is 29.3 Å². The summed E-state index contributed by atoms with van der Waals surface area (Å²) in [5.41, 5.74) is 2.16. The minimum Gasteiger partial charge on any atom is -0.493 e. The minimum absolute atomic E-state index is 0.107. The number of hydrogen-bond donors (Lipinski definition) is 1. The predicted molar refractivity (Wildman–Crippen MR) is 74.9 cm³/mol. The summed E-state index contributed by atoms with van der Waals surface area (Å²) in [6, 6.07) is 6.59. The molecular formula is C16H21NO3. The third-order valence-corrected chi connectivity index (χ3v) is 4.82. The highest BCUT2D eigenvalue weighted by Crippen LogP contribution is 2.32. The van der Waals surface area contributed by atoms with Gasteiger partial charge < -0.3 is 14.6 Å². The number of ether oxygens (including phenoxy) is 2. The molecule has 3 unspecified atom stereocenters. The summed E-state index contributed by atoms with van der Waals surface area (Å²) in [5.74, 6) is 0.963. The lowest BCUT2D eigenvalue weighted by atomic mass is 9.99. The fraction of sp³-hybridized carbons (Fsp3) is 0.625. The van der Waals surface area contributed by atoms with Crippen LogP contribution in [0, 0.1) is 0 Å². The van der Waals surface area contributed by atoms with Crippen molar-refractivity contribution in [2.75, 3.05) is 26.3 Å². The number of morpholine rings is 1. The van der Waals surface area contributed by atoms with Crippen LogP contribution in [0.4, 0.5) is 0 Å². The molecule has 0 saturated carbocycles. The number of fused-ring (bicyclic) bond motifs is 2. The standard InChI is InChI=1S/C16H21NO3/c18-16(12-3-4-14-11(8-12)5-7-19-14)15-9-17-6-1-2-13(17)10-20-15/h3-4,8,13,15-16,18H,1-2,5-7,9-10H2. The Labute approximate surface area is 119 Å². The van der Waals surface area contributed by atoms with E-state index in [9.17, 15) is 5.11 Å².